The van der Waals surface area contributed by atoms with Crippen LogP contribution in [0.4, 0.5) is 4.39 Å². The van der Waals surface area contributed by atoms with Crippen LogP contribution in [-0.4, -0.2) is 68.6 Å². The molecule has 4 atom stereocenters. The van der Waals surface area contributed by atoms with Gasteiger partial charge in [0.2, 0.25) is 15.9 Å². The fourth-order valence-electron chi connectivity index (χ4n) is 5.60. The minimum absolute atomic E-state index is 0.154. The van der Waals surface area contributed by atoms with Crippen molar-refractivity contribution >= 4 is 15.9 Å². The number of fused-ring (bicyclic) bond motifs is 4. The molecule has 160 valence electrons. The van der Waals surface area contributed by atoms with Crippen molar-refractivity contribution in [1.82, 2.24) is 14.5 Å². The van der Waals surface area contributed by atoms with Gasteiger partial charge in [0.05, 0.1) is 12.8 Å². The summed E-state index contributed by atoms with van der Waals surface area (Å²) in [4.78, 5) is 17.2. The van der Waals surface area contributed by atoms with Crippen molar-refractivity contribution < 1.29 is 17.6 Å². The zero-order valence-electron chi connectivity index (χ0n) is 16.9. The zero-order chi connectivity index (χ0) is 20.6. The second-order valence-corrected chi connectivity index (χ2v) is 10.7. The van der Waals surface area contributed by atoms with Gasteiger partial charge in [-0.15, -0.1) is 0 Å². The lowest BCUT2D eigenvalue weighted by atomic mass is 9.71. The number of halogens is 1. The van der Waals surface area contributed by atoms with Crippen LogP contribution in [0, 0.1) is 17.7 Å². The molecule has 3 aliphatic heterocycles. The topological polar surface area (TPSA) is 69.7 Å². The lowest BCUT2D eigenvalue weighted by Gasteiger charge is -2.57. The van der Waals surface area contributed by atoms with E-state index in [1.165, 1.54) is 18.9 Å². The molecular weight excluding hydrogens is 393 g/mol. The molecule has 3 saturated heterocycles. The minimum Gasteiger partial charge on any atom is -0.341 e. The molecule has 0 saturated carbocycles. The predicted molar refractivity (Wildman–Crippen MR) is 109 cm³/mol. The number of benzene rings is 1. The molecule has 6 nitrogen and oxygen atoms in total. The van der Waals surface area contributed by atoms with Crippen molar-refractivity contribution in [2.75, 3.05) is 32.4 Å². The molecule has 0 aromatic heterocycles. The van der Waals surface area contributed by atoms with Gasteiger partial charge in [-0.2, -0.15) is 0 Å². The maximum Gasteiger partial charge on any atom is 0.237 e. The van der Waals surface area contributed by atoms with Crippen LogP contribution < -0.4 is 4.72 Å². The average molecular weight is 424 g/mol. The van der Waals surface area contributed by atoms with E-state index in [9.17, 15) is 17.6 Å². The summed E-state index contributed by atoms with van der Waals surface area (Å²) in [5.41, 5.74) is 1.000. The Morgan fingerprint density at radius 2 is 2.03 bits per heavy atom. The monoisotopic (exact) mass is 423 g/mol. The third kappa shape index (κ3) is 4.81. The van der Waals surface area contributed by atoms with Crippen molar-refractivity contribution in [1.29, 1.82) is 0 Å². The Morgan fingerprint density at radius 3 is 2.79 bits per heavy atom. The number of carbonyl (C=O) groups excluding carboxylic acids is 1. The SMILES string of the molecule is CS(=O)(=O)NCC(=O)N1C[C@H]2C[C@@H](C1)[C@H](Cc1cccc(F)c1)N1CCCC[C@@H]21. The smallest absolute Gasteiger partial charge is 0.237 e. The fraction of sp³-hybridized carbons (Fsp3) is 0.667. The van der Waals surface area contributed by atoms with Gasteiger partial charge in [0, 0.05) is 25.2 Å². The molecule has 3 heterocycles. The van der Waals surface area contributed by atoms with Crippen LogP contribution in [0.1, 0.15) is 31.2 Å². The number of likely N-dealkylation sites (tertiary alicyclic amines) is 1. The molecule has 1 aromatic carbocycles. The van der Waals surface area contributed by atoms with Gasteiger partial charge in [0.15, 0.2) is 0 Å². The quantitative estimate of drug-likeness (QED) is 0.781. The number of hydrogen-bond acceptors (Lipinski definition) is 4. The summed E-state index contributed by atoms with van der Waals surface area (Å²) in [5, 5.41) is 0. The first-order valence-corrected chi connectivity index (χ1v) is 12.4. The molecule has 3 fully saturated rings. The Bertz CT molecular complexity index is 862. The van der Waals surface area contributed by atoms with Gasteiger partial charge < -0.3 is 4.90 Å². The summed E-state index contributed by atoms with van der Waals surface area (Å²) in [5.74, 6) is 0.395. The second kappa shape index (κ2) is 8.32. The van der Waals surface area contributed by atoms with Crippen LogP contribution in [0.25, 0.3) is 0 Å². The Balaban J connectivity index is 1.53. The third-order valence-electron chi connectivity index (χ3n) is 6.79. The molecule has 29 heavy (non-hydrogen) atoms. The van der Waals surface area contributed by atoms with Crippen LogP contribution in [-0.2, 0) is 21.2 Å². The van der Waals surface area contributed by atoms with E-state index in [0.29, 0.717) is 31.0 Å². The van der Waals surface area contributed by atoms with E-state index in [1.807, 2.05) is 11.0 Å². The maximum atomic E-state index is 13.7. The highest BCUT2D eigenvalue weighted by Gasteiger charge is 2.47. The Labute approximate surface area is 172 Å². The van der Waals surface area contributed by atoms with Gasteiger partial charge in [0.1, 0.15) is 5.82 Å². The second-order valence-electron chi connectivity index (χ2n) is 8.85. The molecule has 1 N–H and O–H groups in total. The number of carbonyl (C=O) groups is 1. The molecular formula is C21H30FN3O3S. The molecule has 8 heteroatoms. The van der Waals surface area contributed by atoms with Crippen LogP contribution in [0.3, 0.4) is 0 Å². The maximum absolute atomic E-state index is 13.7. The first kappa shape index (κ1) is 20.8. The van der Waals surface area contributed by atoms with E-state index in [4.69, 9.17) is 0 Å². The first-order chi connectivity index (χ1) is 13.8. The molecule has 3 aliphatic rings. The molecule has 0 spiro atoms. The largest absolute Gasteiger partial charge is 0.341 e. The summed E-state index contributed by atoms with van der Waals surface area (Å²) in [7, 11) is -3.39. The lowest BCUT2D eigenvalue weighted by Crippen LogP contribution is -2.65. The summed E-state index contributed by atoms with van der Waals surface area (Å²) >= 11 is 0. The van der Waals surface area contributed by atoms with Gasteiger partial charge in [-0.1, -0.05) is 18.6 Å². The Kier molecular flexibility index (Phi) is 5.95. The number of nitrogens with zero attached hydrogens (tertiary/aromatic N) is 2. The van der Waals surface area contributed by atoms with Gasteiger partial charge in [-0.05, 0) is 61.8 Å². The first-order valence-electron chi connectivity index (χ1n) is 10.5. The van der Waals surface area contributed by atoms with Gasteiger partial charge in [-0.3, -0.25) is 9.69 Å². The van der Waals surface area contributed by atoms with Gasteiger partial charge in [0.25, 0.3) is 0 Å². The van der Waals surface area contributed by atoms with Crippen LogP contribution in [0.15, 0.2) is 24.3 Å². The summed E-state index contributed by atoms with van der Waals surface area (Å²) < 4.78 is 38.8. The molecule has 1 amide bonds. The fourth-order valence-corrected chi connectivity index (χ4v) is 5.99. The lowest BCUT2D eigenvalue weighted by molar-refractivity contribution is -0.139. The highest BCUT2D eigenvalue weighted by Crippen LogP contribution is 2.42. The van der Waals surface area contributed by atoms with E-state index in [0.717, 1.165) is 37.6 Å². The van der Waals surface area contributed by atoms with E-state index in [1.54, 1.807) is 12.1 Å². The Hall–Kier alpha value is -1.51. The van der Waals surface area contributed by atoms with E-state index in [2.05, 4.69) is 9.62 Å². The number of sulfonamides is 1. The van der Waals surface area contributed by atoms with Crippen molar-refractivity contribution in [3.8, 4) is 0 Å². The number of amides is 1. The average Bonchev–Trinajstić information content (AvgIpc) is 2.69. The number of hydrogen-bond donors (Lipinski definition) is 1. The van der Waals surface area contributed by atoms with Crippen LogP contribution >= 0.6 is 0 Å². The normalized spacial score (nSPS) is 30.1. The van der Waals surface area contributed by atoms with Crippen molar-refractivity contribution in [3.63, 3.8) is 0 Å². The molecule has 0 unspecified atom stereocenters. The predicted octanol–water partition coefficient (Wildman–Crippen LogP) is 1.62. The number of piperidine rings is 3. The van der Waals surface area contributed by atoms with E-state index in [-0.39, 0.29) is 24.3 Å². The minimum atomic E-state index is -3.39. The van der Waals surface area contributed by atoms with Gasteiger partial charge >= 0.3 is 0 Å². The van der Waals surface area contributed by atoms with E-state index >= 15 is 0 Å². The molecule has 2 bridgehead atoms. The third-order valence-corrected chi connectivity index (χ3v) is 7.46. The molecule has 0 radical (unpaired) electrons. The highest BCUT2D eigenvalue weighted by atomic mass is 32.2. The molecule has 4 rings (SSSR count). The van der Waals surface area contributed by atoms with Crippen LogP contribution in [0.5, 0.6) is 0 Å². The Morgan fingerprint density at radius 1 is 1.24 bits per heavy atom. The van der Waals surface area contributed by atoms with Crippen molar-refractivity contribution in [3.05, 3.63) is 35.6 Å². The van der Waals surface area contributed by atoms with Crippen LogP contribution in [0.2, 0.25) is 0 Å². The summed E-state index contributed by atoms with van der Waals surface area (Å²) in [6.07, 6.45) is 6.48. The van der Waals surface area contributed by atoms with Crippen molar-refractivity contribution in [2.24, 2.45) is 11.8 Å². The van der Waals surface area contributed by atoms with E-state index < -0.39 is 10.0 Å². The highest BCUT2D eigenvalue weighted by molar-refractivity contribution is 7.88. The standard InChI is InChI=1S/C21H30FN3O3S/c1-29(27,28)23-12-21(26)24-13-16-11-17(14-24)20(25-8-3-2-7-19(16)25)10-15-5-4-6-18(22)9-15/h4-6,9,16-17,19-20,23H,2-3,7-8,10-14H2,1H3/t16-,17+,19+,20+/m1/s1. The zero-order valence-corrected chi connectivity index (χ0v) is 17.7. The summed E-state index contributed by atoms with van der Waals surface area (Å²) in [6, 6.07) is 7.58. The van der Waals surface area contributed by atoms with Gasteiger partial charge in [-0.25, -0.2) is 17.5 Å². The number of nitrogens with one attached hydrogen (secondary N) is 1. The molecule has 1 aromatic rings. The van der Waals surface area contributed by atoms with Crippen molar-refractivity contribution in [2.45, 2.75) is 44.2 Å². The number of rotatable bonds is 5. The summed E-state index contributed by atoms with van der Waals surface area (Å²) in [6.45, 7) is 2.24. The molecule has 0 aliphatic carbocycles.